The van der Waals surface area contributed by atoms with Gasteiger partial charge >= 0.3 is 6.09 Å². The third kappa shape index (κ3) is 5.50. The number of carbonyl (C=O) groups excluding carboxylic acids is 1. The number of hydrogen-bond donors (Lipinski definition) is 2. The Kier molecular flexibility index (Phi) is 5.63. The van der Waals surface area contributed by atoms with Crippen molar-refractivity contribution in [1.29, 1.82) is 0 Å². The fraction of sp³-hybridized carbons (Fsp3) is 0.588. The van der Waals surface area contributed by atoms with Crippen molar-refractivity contribution in [2.24, 2.45) is 5.92 Å². The predicted molar refractivity (Wildman–Crippen MR) is 95.0 cm³/mol. The molecular formula is C17H26ClN3O2. The zero-order valence-electron chi connectivity index (χ0n) is 14.1. The van der Waals surface area contributed by atoms with Crippen LogP contribution in [0, 0.1) is 5.92 Å². The van der Waals surface area contributed by atoms with Crippen LogP contribution in [0.1, 0.15) is 33.6 Å². The monoisotopic (exact) mass is 339 g/mol. The Bertz CT molecular complexity index is 549. The van der Waals surface area contributed by atoms with Crippen LogP contribution in [-0.4, -0.2) is 31.3 Å². The van der Waals surface area contributed by atoms with E-state index in [9.17, 15) is 4.79 Å². The Labute approximate surface area is 143 Å². The summed E-state index contributed by atoms with van der Waals surface area (Å²) in [4.78, 5) is 14.0. The van der Waals surface area contributed by atoms with Gasteiger partial charge in [0.05, 0.1) is 10.7 Å². The summed E-state index contributed by atoms with van der Waals surface area (Å²) in [5.41, 5.74) is 6.98. The first-order valence-corrected chi connectivity index (χ1v) is 8.39. The van der Waals surface area contributed by atoms with E-state index in [-0.39, 0.29) is 6.09 Å². The number of anilines is 2. The molecule has 6 heteroatoms. The summed E-state index contributed by atoms with van der Waals surface area (Å²) in [6, 6.07) is 5.63. The molecule has 5 nitrogen and oxygen atoms in total. The average molecular weight is 340 g/mol. The molecule has 23 heavy (non-hydrogen) atoms. The summed E-state index contributed by atoms with van der Waals surface area (Å²) in [7, 11) is 0. The Morgan fingerprint density at radius 2 is 2.04 bits per heavy atom. The maximum atomic E-state index is 11.7. The van der Waals surface area contributed by atoms with E-state index in [1.165, 1.54) is 0 Å². The van der Waals surface area contributed by atoms with Gasteiger partial charge in [0.2, 0.25) is 0 Å². The molecule has 1 aromatic rings. The summed E-state index contributed by atoms with van der Waals surface area (Å²) >= 11 is 6.27. The molecule has 0 unspecified atom stereocenters. The maximum Gasteiger partial charge on any atom is 0.407 e. The van der Waals surface area contributed by atoms with E-state index < -0.39 is 5.60 Å². The second-order valence-electron chi connectivity index (χ2n) is 7.02. The maximum absolute atomic E-state index is 11.7. The Hall–Kier alpha value is -1.62. The summed E-state index contributed by atoms with van der Waals surface area (Å²) in [5, 5.41) is 3.55. The molecule has 0 saturated carbocycles. The molecule has 1 aliphatic rings. The predicted octanol–water partition coefficient (Wildman–Crippen LogP) is 3.66. The first kappa shape index (κ1) is 17.7. The van der Waals surface area contributed by atoms with Crippen molar-refractivity contribution < 1.29 is 9.53 Å². The van der Waals surface area contributed by atoms with E-state index in [1.807, 2.05) is 32.9 Å². The number of piperidine rings is 1. The van der Waals surface area contributed by atoms with Gasteiger partial charge in [0, 0.05) is 25.3 Å². The van der Waals surface area contributed by atoms with E-state index in [0.717, 1.165) is 31.6 Å². The normalized spacial score (nSPS) is 16.3. The highest BCUT2D eigenvalue weighted by atomic mass is 35.5. The number of rotatable bonds is 3. The van der Waals surface area contributed by atoms with Crippen LogP contribution in [0.15, 0.2) is 18.2 Å². The topological polar surface area (TPSA) is 67.6 Å². The lowest BCUT2D eigenvalue weighted by atomic mass is 9.96. The summed E-state index contributed by atoms with van der Waals surface area (Å²) in [6.45, 7) is 8.08. The minimum atomic E-state index is -0.459. The van der Waals surface area contributed by atoms with Crippen molar-refractivity contribution in [3.8, 4) is 0 Å². The van der Waals surface area contributed by atoms with Gasteiger partial charge < -0.3 is 20.7 Å². The van der Waals surface area contributed by atoms with Crippen molar-refractivity contribution in [2.75, 3.05) is 30.3 Å². The Morgan fingerprint density at radius 3 is 2.61 bits per heavy atom. The van der Waals surface area contributed by atoms with Crippen molar-refractivity contribution in [3.05, 3.63) is 23.2 Å². The van der Waals surface area contributed by atoms with Gasteiger partial charge in [0.15, 0.2) is 0 Å². The molecule has 3 N–H and O–H groups in total. The van der Waals surface area contributed by atoms with Gasteiger partial charge in [-0.1, -0.05) is 11.6 Å². The van der Waals surface area contributed by atoms with E-state index in [4.69, 9.17) is 22.1 Å². The van der Waals surface area contributed by atoms with Gasteiger partial charge in [-0.2, -0.15) is 0 Å². The second-order valence-corrected chi connectivity index (χ2v) is 7.43. The average Bonchev–Trinajstić information content (AvgIpc) is 2.44. The largest absolute Gasteiger partial charge is 0.444 e. The van der Waals surface area contributed by atoms with Crippen LogP contribution in [0.5, 0.6) is 0 Å². The number of nitrogen functional groups attached to an aromatic ring is 1. The molecule has 0 aliphatic carbocycles. The van der Waals surface area contributed by atoms with Gasteiger partial charge in [-0.15, -0.1) is 0 Å². The molecule has 128 valence electrons. The van der Waals surface area contributed by atoms with Crippen molar-refractivity contribution in [1.82, 2.24) is 5.32 Å². The number of amides is 1. The second kappa shape index (κ2) is 7.30. The van der Waals surface area contributed by atoms with Crippen LogP contribution in [0.4, 0.5) is 16.2 Å². The number of halogens is 1. The van der Waals surface area contributed by atoms with E-state index >= 15 is 0 Å². The molecule has 1 amide bonds. The highest BCUT2D eigenvalue weighted by Crippen LogP contribution is 2.31. The quantitative estimate of drug-likeness (QED) is 0.825. The van der Waals surface area contributed by atoms with Gasteiger partial charge in [-0.3, -0.25) is 0 Å². The fourth-order valence-electron chi connectivity index (χ4n) is 2.70. The Morgan fingerprint density at radius 1 is 1.39 bits per heavy atom. The van der Waals surface area contributed by atoms with Crippen LogP contribution in [0.25, 0.3) is 0 Å². The SMILES string of the molecule is CC(C)(C)OC(=O)NCC1CCN(c2ccc(N)cc2Cl)CC1. The number of alkyl carbamates (subject to hydrolysis) is 1. The van der Waals surface area contributed by atoms with Crippen LogP contribution >= 0.6 is 11.6 Å². The number of nitrogens with two attached hydrogens (primary N) is 1. The first-order valence-electron chi connectivity index (χ1n) is 8.01. The van der Waals surface area contributed by atoms with Gasteiger partial charge in [-0.05, 0) is 57.7 Å². The third-order valence-electron chi connectivity index (χ3n) is 3.86. The van der Waals surface area contributed by atoms with Gasteiger partial charge in [-0.25, -0.2) is 4.79 Å². The van der Waals surface area contributed by atoms with Crippen LogP contribution in [0.2, 0.25) is 5.02 Å². The van der Waals surface area contributed by atoms with Crippen LogP contribution in [0.3, 0.4) is 0 Å². The number of benzene rings is 1. The van der Waals surface area contributed by atoms with Gasteiger partial charge in [0.1, 0.15) is 5.60 Å². The molecule has 1 aromatic carbocycles. The lowest BCUT2D eigenvalue weighted by molar-refractivity contribution is 0.0517. The molecule has 1 saturated heterocycles. The molecule has 2 rings (SSSR count). The summed E-state index contributed by atoms with van der Waals surface area (Å²) in [6.07, 6.45) is 1.68. The van der Waals surface area contributed by atoms with Crippen molar-refractivity contribution in [2.45, 2.75) is 39.2 Å². The third-order valence-corrected chi connectivity index (χ3v) is 4.16. The zero-order chi connectivity index (χ0) is 17.0. The Balaban J connectivity index is 1.79. The minimum Gasteiger partial charge on any atom is -0.444 e. The number of carbonyl (C=O) groups is 1. The summed E-state index contributed by atoms with van der Waals surface area (Å²) in [5.74, 6) is 0.464. The minimum absolute atomic E-state index is 0.346. The smallest absolute Gasteiger partial charge is 0.407 e. The summed E-state index contributed by atoms with van der Waals surface area (Å²) < 4.78 is 5.26. The van der Waals surface area contributed by atoms with Crippen molar-refractivity contribution in [3.63, 3.8) is 0 Å². The van der Waals surface area contributed by atoms with Gasteiger partial charge in [0.25, 0.3) is 0 Å². The van der Waals surface area contributed by atoms with E-state index in [1.54, 1.807) is 6.07 Å². The number of ether oxygens (including phenoxy) is 1. The lowest BCUT2D eigenvalue weighted by Gasteiger charge is -2.34. The van der Waals surface area contributed by atoms with E-state index in [2.05, 4.69) is 10.2 Å². The molecule has 1 fully saturated rings. The molecule has 0 atom stereocenters. The number of nitrogens with zero attached hydrogens (tertiary/aromatic N) is 1. The lowest BCUT2D eigenvalue weighted by Crippen LogP contribution is -2.40. The van der Waals surface area contributed by atoms with Crippen LogP contribution < -0.4 is 16.0 Å². The fourth-order valence-corrected chi connectivity index (χ4v) is 3.01. The zero-order valence-corrected chi connectivity index (χ0v) is 14.8. The number of hydrogen-bond acceptors (Lipinski definition) is 4. The molecule has 0 aromatic heterocycles. The highest BCUT2D eigenvalue weighted by molar-refractivity contribution is 6.33. The molecular weight excluding hydrogens is 314 g/mol. The molecule has 0 bridgehead atoms. The van der Waals surface area contributed by atoms with E-state index in [0.29, 0.717) is 23.2 Å². The standard InChI is InChI=1S/C17H26ClN3O2/c1-17(2,3)23-16(22)20-11-12-6-8-21(9-7-12)15-5-4-13(19)10-14(15)18/h4-5,10,12H,6-9,11,19H2,1-3H3,(H,20,22). The number of nitrogens with one attached hydrogen (secondary N) is 1. The highest BCUT2D eigenvalue weighted by Gasteiger charge is 2.22. The molecule has 0 radical (unpaired) electrons. The molecule has 1 heterocycles. The first-order chi connectivity index (χ1) is 10.7. The molecule has 1 aliphatic heterocycles. The molecule has 0 spiro atoms. The van der Waals surface area contributed by atoms with Crippen molar-refractivity contribution >= 4 is 29.1 Å². The van der Waals surface area contributed by atoms with Crippen LogP contribution in [-0.2, 0) is 4.74 Å².